The van der Waals surface area contributed by atoms with Gasteiger partial charge in [-0.05, 0) is 40.5 Å². The minimum Gasteiger partial charge on any atom is -0.301 e. The van der Waals surface area contributed by atoms with Crippen LogP contribution in [0.2, 0.25) is 0 Å². The maximum Gasteiger partial charge on any atom is 0.251 e. The summed E-state index contributed by atoms with van der Waals surface area (Å²) >= 11 is 4.71. The number of aromatic nitrogens is 4. The van der Waals surface area contributed by atoms with E-state index in [0.29, 0.717) is 11.1 Å². The van der Waals surface area contributed by atoms with Gasteiger partial charge in [-0.1, -0.05) is 0 Å². The van der Waals surface area contributed by atoms with Crippen molar-refractivity contribution in [2.75, 3.05) is 0 Å². The number of nitrogens with zero attached hydrogens (tertiary/aromatic N) is 3. The summed E-state index contributed by atoms with van der Waals surface area (Å²) in [4.78, 5) is 26.8. The van der Waals surface area contributed by atoms with Gasteiger partial charge in [0.2, 0.25) is 0 Å². The third kappa shape index (κ3) is 2.78. The van der Waals surface area contributed by atoms with E-state index < -0.39 is 0 Å². The van der Waals surface area contributed by atoms with Gasteiger partial charge in [0.05, 0.1) is 0 Å². The Hall–Kier alpha value is -1.21. The van der Waals surface area contributed by atoms with E-state index in [9.17, 15) is 4.79 Å². The van der Waals surface area contributed by atoms with Crippen molar-refractivity contribution in [3.8, 4) is 0 Å². The van der Waals surface area contributed by atoms with E-state index >= 15 is 0 Å². The second kappa shape index (κ2) is 4.81. The van der Waals surface area contributed by atoms with Crippen molar-refractivity contribution >= 4 is 27.7 Å². The van der Waals surface area contributed by atoms with Gasteiger partial charge in [-0.2, -0.15) is 0 Å². The Kier molecular flexibility index (Phi) is 3.17. The highest BCUT2D eigenvalue weighted by atomic mass is 79.9. The normalized spacial score (nSPS) is 14.7. The second-order valence-electron chi connectivity index (χ2n) is 4.00. The Morgan fingerprint density at radius 2 is 2.22 bits per heavy atom. The minimum atomic E-state index is -0.164. The van der Waals surface area contributed by atoms with Gasteiger partial charge in [0.15, 0.2) is 5.16 Å². The highest BCUT2D eigenvalue weighted by Gasteiger charge is 2.27. The van der Waals surface area contributed by atoms with Crippen LogP contribution in [-0.4, -0.2) is 19.9 Å². The zero-order valence-corrected chi connectivity index (χ0v) is 11.7. The Morgan fingerprint density at radius 3 is 2.94 bits per heavy atom. The molecule has 0 amide bonds. The van der Waals surface area contributed by atoms with Crippen molar-refractivity contribution in [2.24, 2.45) is 0 Å². The lowest BCUT2D eigenvalue weighted by Crippen LogP contribution is -2.05. The molecule has 92 valence electrons. The summed E-state index contributed by atoms with van der Waals surface area (Å²) < 4.78 is 0.764. The Labute approximate surface area is 116 Å². The van der Waals surface area contributed by atoms with Crippen molar-refractivity contribution in [3.63, 3.8) is 0 Å². The van der Waals surface area contributed by atoms with Crippen molar-refractivity contribution in [2.45, 2.75) is 28.9 Å². The molecule has 0 bridgehead atoms. The first-order valence-electron chi connectivity index (χ1n) is 5.48. The van der Waals surface area contributed by atoms with E-state index in [1.165, 1.54) is 24.0 Å². The summed E-state index contributed by atoms with van der Waals surface area (Å²) in [5.74, 6) is 1.36. The van der Waals surface area contributed by atoms with Crippen LogP contribution in [0.25, 0.3) is 0 Å². The molecule has 7 heteroatoms. The molecule has 3 rings (SSSR count). The smallest absolute Gasteiger partial charge is 0.251 e. The average molecular weight is 325 g/mol. The maximum absolute atomic E-state index is 11.2. The molecule has 2 aromatic heterocycles. The molecule has 2 aromatic rings. The third-order valence-corrected chi connectivity index (χ3v) is 3.71. The molecule has 18 heavy (non-hydrogen) atoms. The zero-order chi connectivity index (χ0) is 12.5. The van der Waals surface area contributed by atoms with Crippen LogP contribution in [0.15, 0.2) is 37.9 Å². The summed E-state index contributed by atoms with van der Waals surface area (Å²) in [6, 6.07) is 3.21. The van der Waals surface area contributed by atoms with Gasteiger partial charge < -0.3 is 4.98 Å². The molecule has 1 fully saturated rings. The topological polar surface area (TPSA) is 71.5 Å². The molecule has 0 aromatic carbocycles. The lowest BCUT2D eigenvalue weighted by molar-refractivity contribution is 0.860. The molecule has 0 unspecified atom stereocenters. The van der Waals surface area contributed by atoms with Crippen LogP contribution < -0.4 is 5.56 Å². The number of rotatable bonds is 3. The summed E-state index contributed by atoms with van der Waals surface area (Å²) in [5.41, 5.74) is -0.164. The first kappa shape index (κ1) is 11.9. The van der Waals surface area contributed by atoms with E-state index in [4.69, 9.17) is 0 Å². The Balaban J connectivity index is 1.90. The van der Waals surface area contributed by atoms with E-state index in [1.807, 2.05) is 6.07 Å². The first-order valence-corrected chi connectivity index (χ1v) is 7.09. The Morgan fingerprint density at radius 1 is 1.39 bits per heavy atom. The molecule has 1 aliphatic rings. The van der Waals surface area contributed by atoms with Crippen LogP contribution in [0.3, 0.4) is 0 Å². The van der Waals surface area contributed by atoms with Crippen LogP contribution in [-0.2, 0) is 0 Å². The van der Waals surface area contributed by atoms with E-state index in [-0.39, 0.29) is 5.56 Å². The van der Waals surface area contributed by atoms with Crippen molar-refractivity contribution in [1.29, 1.82) is 0 Å². The fourth-order valence-corrected chi connectivity index (χ4v) is 2.82. The van der Waals surface area contributed by atoms with E-state index in [2.05, 4.69) is 35.9 Å². The molecule has 1 aliphatic carbocycles. The van der Waals surface area contributed by atoms with E-state index in [0.717, 1.165) is 28.3 Å². The predicted molar refractivity (Wildman–Crippen MR) is 70.7 cm³/mol. The van der Waals surface area contributed by atoms with Gasteiger partial charge in [-0.15, -0.1) is 0 Å². The fraction of sp³-hybridized carbons (Fsp3) is 0.273. The number of hydrogen-bond donors (Lipinski definition) is 1. The van der Waals surface area contributed by atoms with Gasteiger partial charge in [-0.3, -0.25) is 4.79 Å². The lowest BCUT2D eigenvalue weighted by atomic mass is 10.4. The first-order chi connectivity index (χ1) is 8.70. The second-order valence-corrected chi connectivity index (χ2v) is 5.82. The molecule has 0 saturated heterocycles. The standard InChI is InChI=1S/C11H9BrN4OS/c12-7-5-9(16-10(14-7)6-1-2-6)18-11-13-4-3-8(17)15-11/h3-6H,1-2H2,(H,13,15,17). The third-order valence-electron chi connectivity index (χ3n) is 2.48. The molecule has 0 spiro atoms. The largest absolute Gasteiger partial charge is 0.301 e. The molecule has 1 saturated carbocycles. The average Bonchev–Trinajstić information content (AvgIpc) is 3.11. The molecular weight excluding hydrogens is 316 g/mol. The number of nitrogens with one attached hydrogen (secondary N) is 1. The van der Waals surface area contributed by atoms with Gasteiger partial charge in [-0.25, -0.2) is 15.0 Å². The lowest BCUT2D eigenvalue weighted by Gasteiger charge is -2.03. The van der Waals surface area contributed by atoms with Gasteiger partial charge in [0.25, 0.3) is 5.56 Å². The summed E-state index contributed by atoms with van der Waals surface area (Å²) in [7, 11) is 0. The molecular formula is C11H9BrN4OS. The summed E-state index contributed by atoms with van der Waals surface area (Å²) in [6.45, 7) is 0. The van der Waals surface area contributed by atoms with Gasteiger partial charge in [0, 0.05) is 24.2 Å². The fourth-order valence-electron chi connectivity index (χ4n) is 1.49. The van der Waals surface area contributed by atoms with Crippen LogP contribution in [0.5, 0.6) is 0 Å². The number of hydrogen-bond acceptors (Lipinski definition) is 5. The monoisotopic (exact) mass is 324 g/mol. The zero-order valence-electron chi connectivity index (χ0n) is 9.26. The number of aromatic amines is 1. The number of halogens is 1. The van der Waals surface area contributed by atoms with Crippen LogP contribution in [0.1, 0.15) is 24.6 Å². The molecule has 5 nitrogen and oxygen atoms in total. The Bertz CT molecular complexity index is 641. The van der Waals surface area contributed by atoms with Crippen molar-refractivity contribution in [3.05, 3.63) is 39.1 Å². The van der Waals surface area contributed by atoms with Crippen LogP contribution >= 0.6 is 27.7 Å². The van der Waals surface area contributed by atoms with Crippen molar-refractivity contribution in [1.82, 2.24) is 19.9 Å². The summed E-state index contributed by atoms with van der Waals surface area (Å²) in [6.07, 6.45) is 3.79. The highest BCUT2D eigenvalue weighted by Crippen LogP contribution is 2.39. The SMILES string of the molecule is O=c1ccnc(Sc2cc(Br)nc(C3CC3)n2)[nH]1. The number of H-pyrrole nitrogens is 1. The van der Waals surface area contributed by atoms with Crippen molar-refractivity contribution < 1.29 is 0 Å². The molecule has 1 N–H and O–H groups in total. The molecule has 2 heterocycles. The molecule has 0 atom stereocenters. The quantitative estimate of drug-likeness (QED) is 0.693. The van der Waals surface area contributed by atoms with Gasteiger partial charge in [0.1, 0.15) is 15.5 Å². The van der Waals surface area contributed by atoms with Crippen LogP contribution in [0, 0.1) is 0 Å². The summed E-state index contributed by atoms with van der Waals surface area (Å²) in [5, 5.41) is 1.32. The predicted octanol–water partition coefficient (Wildman–Crippen LogP) is 2.35. The van der Waals surface area contributed by atoms with Crippen LogP contribution in [0.4, 0.5) is 0 Å². The maximum atomic E-state index is 11.2. The molecule has 0 aliphatic heterocycles. The molecule has 0 radical (unpaired) electrons. The van der Waals surface area contributed by atoms with E-state index in [1.54, 1.807) is 0 Å². The minimum absolute atomic E-state index is 0.164. The van der Waals surface area contributed by atoms with Gasteiger partial charge >= 0.3 is 0 Å². The highest BCUT2D eigenvalue weighted by molar-refractivity contribution is 9.10.